The van der Waals surface area contributed by atoms with Crippen LogP contribution in [0.25, 0.3) is 16.9 Å². The lowest BCUT2D eigenvalue weighted by molar-refractivity contribution is -0.119. The van der Waals surface area contributed by atoms with E-state index in [-0.39, 0.29) is 24.0 Å². The van der Waals surface area contributed by atoms with Gasteiger partial charge in [0.25, 0.3) is 0 Å². The fourth-order valence-electron chi connectivity index (χ4n) is 5.14. The Morgan fingerprint density at radius 3 is 2.51 bits per heavy atom. The monoisotopic (exact) mass is 536 g/mol. The van der Waals surface area contributed by atoms with Gasteiger partial charge in [-0.3, -0.25) is 13.9 Å². The molecule has 8 heteroatoms. The van der Waals surface area contributed by atoms with Crippen molar-refractivity contribution < 1.29 is 18.3 Å². The number of hydrogen-bond acceptors (Lipinski definition) is 4. The zero-order chi connectivity index (χ0) is 28.1. The number of aromatic nitrogens is 4. The molecule has 0 radical (unpaired) electrons. The molecule has 0 aliphatic carbocycles. The predicted molar refractivity (Wildman–Crippen MR) is 149 cm³/mol. The van der Waals surface area contributed by atoms with Gasteiger partial charge < -0.3 is 4.74 Å². The molecule has 4 aromatic rings. The Kier molecular flexibility index (Phi) is 9.15. The lowest BCUT2D eigenvalue weighted by Gasteiger charge is -2.13. The van der Waals surface area contributed by atoms with Gasteiger partial charge in [0.05, 0.1) is 29.2 Å². The molecule has 0 amide bonds. The molecule has 0 fully saturated rings. The first kappa shape index (κ1) is 28.5. The minimum atomic E-state index is -0.648. The number of hydrogen-bond donors (Lipinski definition) is 0. The van der Waals surface area contributed by atoms with E-state index in [1.54, 1.807) is 6.20 Å². The average molecular weight is 537 g/mol. The van der Waals surface area contributed by atoms with Crippen molar-refractivity contribution in [2.75, 3.05) is 0 Å². The van der Waals surface area contributed by atoms with Crippen molar-refractivity contribution in [3.8, 4) is 17.0 Å². The van der Waals surface area contributed by atoms with Gasteiger partial charge in [-0.05, 0) is 56.9 Å². The third-order valence-electron chi connectivity index (χ3n) is 7.50. The Hall–Kier alpha value is -3.55. The van der Waals surface area contributed by atoms with E-state index in [4.69, 9.17) is 9.72 Å². The second-order valence-electron chi connectivity index (χ2n) is 10.5. The number of carbonyl (C=O) groups excluding carboxylic acids is 1. The van der Waals surface area contributed by atoms with Gasteiger partial charge in [-0.15, -0.1) is 0 Å². The smallest absolute Gasteiger partial charge is 0.180 e. The van der Waals surface area contributed by atoms with E-state index >= 15 is 0 Å². The fourth-order valence-corrected chi connectivity index (χ4v) is 5.14. The molecule has 0 spiro atoms. The Morgan fingerprint density at radius 1 is 1.10 bits per heavy atom. The SMILES string of the molecule is CCC(CC)CCCC(=O)CC(C)n1cc(-c2c(C)nc3c(OCc4c(F)cccc4F)cc(C)cn23)cn1. The van der Waals surface area contributed by atoms with Gasteiger partial charge in [0.1, 0.15) is 24.0 Å². The number of fused-ring (bicyclic) bond motifs is 1. The van der Waals surface area contributed by atoms with Crippen molar-refractivity contribution in [3.05, 3.63) is 71.3 Å². The summed E-state index contributed by atoms with van der Waals surface area (Å²) in [5.41, 5.74) is 3.83. The van der Waals surface area contributed by atoms with Gasteiger partial charge in [0, 0.05) is 30.8 Å². The minimum absolute atomic E-state index is 0.0600. The Balaban J connectivity index is 1.51. The third-order valence-corrected chi connectivity index (χ3v) is 7.50. The lowest BCUT2D eigenvalue weighted by atomic mass is 9.95. The normalized spacial score (nSPS) is 12.4. The van der Waals surface area contributed by atoms with Crippen molar-refractivity contribution in [3.63, 3.8) is 0 Å². The van der Waals surface area contributed by atoms with Gasteiger partial charge in [0.15, 0.2) is 11.4 Å². The Bertz CT molecular complexity index is 1420. The highest BCUT2D eigenvalue weighted by molar-refractivity contribution is 5.78. The molecule has 39 heavy (non-hydrogen) atoms. The van der Waals surface area contributed by atoms with E-state index in [1.807, 2.05) is 48.3 Å². The second kappa shape index (κ2) is 12.5. The van der Waals surface area contributed by atoms with Crippen molar-refractivity contribution in [2.24, 2.45) is 5.92 Å². The van der Waals surface area contributed by atoms with Crippen molar-refractivity contribution in [2.45, 2.75) is 85.8 Å². The first-order valence-corrected chi connectivity index (χ1v) is 13.8. The maximum atomic E-state index is 14.1. The van der Waals surface area contributed by atoms with Crippen LogP contribution in [0.4, 0.5) is 8.78 Å². The fraction of sp³-hybridized carbons (Fsp3) is 0.452. The molecule has 0 aliphatic heterocycles. The van der Waals surface area contributed by atoms with Crippen LogP contribution in [0.15, 0.2) is 42.9 Å². The molecule has 3 heterocycles. The van der Waals surface area contributed by atoms with Gasteiger partial charge in [0.2, 0.25) is 0 Å². The summed E-state index contributed by atoms with van der Waals surface area (Å²) in [5.74, 6) is 0.106. The number of ketones is 1. The van der Waals surface area contributed by atoms with Crippen molar-refractivity contribution >= 4 is 11.4 Å². The number of Topliss-reactive ketones (excluding diaryl/α,β-unsaturated/α-hetero) is 1. The molecular weight excluding hydrogens is 498 g/mol. The van der Waals surface area contributed by atoms with Crippen LogP contribution in [-0.2, 0) is 11.4 Å². The van der Waals surface area contributed by atoms with Gasteiger partial charge >= 0.3 is 0 Å². The Morgan fingerprint density at radius 2 is 1.82 bits per heavy atom. The highest BCUT2D eigenvalue weighted by Gasteiger charge is 2.19. The number of rotatable bonds is 13. The first-order valence-electron chi connectivity index (χ1n) is 13.8. The zero-order valence-corrected chi connectivity index (χ0v) is 23.5. The molecule has 3 aromatic heterocycles. The number of ether oxygens (including phenoxy) is 1. The Labute approximate surface area is 229 Å². The van der Waals surface area contributed by atoms with Crippen LogP contribution in [0.3, 0.4) is 0 Å². The van der Waals surface area contributed by atoms with Crippen LogP contribution in [0.1, 0.15) is 82.2 Å². The molecule has 0 saturated heterocycles. The summed E-state index contributed by atoms with van der Waals surface area (Å²) in [7, 11) is 0. The highest BCUT2D eigenvalue weighted by Crippen LogP contribution is 2.31. The van der Waals surface area contributed by atoms with Crippen LogP contribution in [0, 0.1) is 31.4 Å². The van der Waals surface area contributed by atoms with Crippen LogP contribution in [0.5, 0.6) is 5.75 Å². The number of pyridine rings is 1. The highest BCUT2D eigenvalue weighted by atomic mass is 19.1. The number of nitrogens with zero attached hydrogens (tertiary/aromatic N) is 4. The van der Waals surface area contributed by atoms with Crippen LogP contribution in [-0.4, -0.2) is 24.9 Å². The van der Waals surface area contributed by atoms with E-state index in [2.05, 4.69) is 18.9 Å². The summed E-state index contributed by atoms with van der Waals surface area (Å²) in [6, 6.07) is 5.51. The van der Waals surface area contributed by atoms with Gasteiger partial charge in [-0.1, -0.05) is 39.2 Å². The van der Waals surface area contributed by atoms with Crippen LogP contribution in [0.2, 0.25) is 0 Å². The topological polar surface area (TPSA) is 61.4 Å². The summed E-state index contributed by atoms with van der Waals surface area (Å²) in [6.07, 6.45) is 11.1. The van der Waals surface area contributed by atoms with E-state index < -0.39 is 11.6 Å². The van der Waals surface area contributed by atoms with Crippen LogP contribution >= 0.6 is 0 Å². The molecule has 6 nitrogen and oxygen atoms in total. The van der Waals surface area contributed by atoms with Crippen molar-refractivity contribution in [1.82, 2.24) is 19.2 Å². The summed E-state index contributed by atoms with van der Waals surface area (Å²) in [4.78, 5) is 17.3. The molecule has 208 valence electrons. The molecule has 0 N–H and O–H groups in total. The van der Waals surface area contributed by atoms with E-state index in [9.17, 15) is 13.6 Å². The second-order valence-corrected chi connectivity index (χ2v) is 10.5. The molecule has 4 rings (SSSR count). The van der Waals surface area contributed by atoms with Gasteiger partial charge in [-0.25, -0.2) is 13.8 Å². The molecule has 0 saturated carbocycles. The molecule has 1 atom stereocenters. The zero-order valence-electron chi connectivity index (χ0n) is 23.5. The molecule has 1 unspecified atom stereocenters. The summed E-state index contributed by atoms with van der Waals surface area (Å²) < 4.78 is 37.9. The number of halogens is 2. The van der Waals surface area contributed by atoms with E-state index in [1.165, 1.54) is 18.2 Å². The van der Waals surface area contributed by atoms with Crippen molar-refractivity contribution in [1.29, 1.82) is 0 Å². The number of carbonyl (C=O) groups is 1. The number of aryl methyl sites for hydroxylation is 2. The quantitative estimate of drug-likeness (QED) is 0.175. The molecule has 0 bridgehead atoms. The summed E-state index contributed by atoms with van der Waals surface area (Å²) in [6.45, 7) is 10.0. The molecule has 1 aromatic carbocycles. The van der Waals surface area contributed by atoms with E-state index in [0.717, 1.165) is 48.2 Å². The molecule has 0 aliphatic rings. The van der Waals surface area contributed by atoms with Gasteiger partial charge in [-0.2, -0.15) is 5.10 Å². The standard InChI is InChI=1S/C31H38F2N4O2/c1-6-23(7-2)10-8-11-25(38)15-21(4)37-18-24(16-34-37)30-22(5)35-31-29(14-20(3)17-36(30)31)39-19-26-27(32)12-9-13-28(26)33/h9,12-14,16-18,21,23H,6-8,10-11,15,19H2,1-5H3. The summed E-state index contributed by atoms with van der Waals surface area (Å²) in [5, 5.41) is 4.56. The molecular formula is C31H38F2N4O2. The largest absolute Gasteiger partial charge is 0.485 e. The lowest BCUT2D eigenvalue weighted by Crippen LogP contribution is -2.11. The third kappa shape index (κ3) is 6.54. The first-order chi connectivity index (χ1) is 18.7. The number of benzene rings is 1. The van der Waals surface area contributed by atoms with E-state index in [0.29, 0.717) is 30.2 Å². The predicted octanol–water partition coefficient (Wildman–Crippen LogP) is 7.80. The average Bonchev–Trinajstić information content (AvgIpc) is 3.50. The van der Waals surface area contributed by atoms with Crippen LogP contribution < -0.4 is 4.74 Å². The maximum absolute atomic E-state index is 14.1. The number of imidazole rings is 1. The maximum Gasteiger partial charge on any atom is 0.180 e. The summed E-state index contributed by atoms with van der Waals surface area (Å²) >= 11 is 0. The minimum Gasteiger partial charge on any atom is -0.485 e.